The Labute approximate surface area is 106 Å². The van der Waals surface area contributed by atoms with Gasteiger partial charge in [-0.2, -0.15) is 0 Å². The van der Waals surface area contributed by atoms with Crippen molar-refractivity contribution in [3.05, 3.63) is 0 Å². The molecule has 0 aliphatic rings. The average molecular weight is 243 g/mol. The van der Waals surface area contributed by atoms with Crippen LogP contribution in [0.3, 0.4) is 0 Å². The molecule has 0 aromatic carbocycles. The van der Waals surface area contributed by atoms with E-state index in [4.69, 9.17) is 5.84 Å². The Morgan fingerprint density at radius 2 is 1.59 bits per heavy atom. The smallest absolute Gasteiger partial charge is 0.240 e. The molecule has 0 aromatic rings. The van der Waals surface area contributed by atoms with Crippen molar-refractivity contribution in [1.29, 1.82) is 0 Å². The zero-order valence-electron chi connectivity index (χ0n) is 12.2. The van der Waals surface area contributed by atoms with Crippen LogP contribution in [0.2, 0.25) is 0 Å². The SMILES string of the molecule is CC(C)CN(CC(C)C)CC(C)(C)C(=O)NN. The van der Waals surface area contributed by atoms with Gasteiger partial charge in [0.2, 0.25) is 5.91 Å². The maximum atomic E-state index is 11.7. The molecule has 0 radical (unpaired) electrons. The Morgan fingerprint density at radius 3 is 1.88 bits per heavy atom. The highest BCUT2D eigenvalue weighted by atomic mass is 16.2. The molecule has 4 nitrogen and oxygen atoms in total. The maximum Gasteiger partial charge on any atom is 0.240 e. The van der Waals surface area contributed by atoms with Gasteiger partial charge < -0.3 is 4.90 Å². The van der Waals surface area contributed by atoms with Crippen LogP contribution in [0.4, 0.5) is 0 Å². The summed E-state index contributed by atoms with van der Waals surface area (Å²) < 4.78 is 0. The summed E-state index contributed by atoms with van der Waals surface area (Å²) in [6.45, 7) is 15.4. The number of hydrogen-bond acceptors (Lipinski definition) is 3. The molecule has 0 heterocycles. The number of carbonyl (C=O) groups is 1. The van der Waals surface area contributed by atoms with Crippen LogP contribution < -0.4 is 11.3 Å². The second-order valence-corrected chi connectivity index (χ2v) is 6.34. The molecule has 102 valence electrons. The number of hydrazine groups is 1. The Bertz CT molecular complexity index is 227. The van der Waals surface area contributed by atoms with Gasteiger partial charge >= 0.3 is 0 Å². The fourth-order valence-electron chi connectivity index (χ4n) is 2.06. The molecule has 0 unspecified atom stereocenters. The third kappa shape index (κ3) is 6.64. The molecule has 0 aromatic heterocycles. The second kappa shape index (κ2) is 6.97. The van der Waals surface area contributed by atoms with Crippen LogP contribution in [0.25, 0.3) is 0 Å². The van der Waals surface area contributed by atoms with Crippen LogP contribution in [0.1, 0.15) is 41.5 Å². The monoisotopic (exact) mass is 243 g/mol. The predicted molar refractivity (Wildman–Crippen MR) is 72.2 cm³/mol. The second-order valence-electron chi connectivity index (χ2n) is 6.34. The van der Waals surface area contributed by atoms with Crippen molar-refractivity contribution >= 4 is 5.91 Å². The third-order valence-corrected chi connectivity index (χ3v) is 2.61. The van der Waals surface area contributed by atoms with Gasteiger partial charge in [-0.05, 0) is 25.7 Å². The van der Waals surface area contributed by atoms with Gasteiger partial charge in [0.1, 0.15) is 0 Å². The fraction of sp³-hybridized carbons (Fsp3) is 0.923. The van der Waals surface area contributed by atoms with Crippen molar-refractivity contribution in [1.82, 2.24) is 10.3 Å². The normalized spacial score (nSPS) is 12.6. The van der Waals surface area contributed by atoms with E-state index in [0.717, 1.165) is 19.6 Å². The van der Waals surface area contributed by atoms with E-state index in [-0.39, 0.29) is 5.91 Å². The first-order valence-corrected chi connectivity index (χ1v) is 6.42. The van der Waals surface area contributed by atoms with E-state index in [1.54, 1.807) is 0 Å². The first kappa shape index (κ1) is 16.4. The average Bonchev–Trinajstić information content (AvgIpc) is 2.13. The molecule has 0 rings (SSSR count). The number of nitrogens with one attached hydrogen (secondary N) is 1. The minimum atomic E-state index is -0.446. The minimum Gasteiger partial charge on any atom is -0.302 e. The lowest BCUT2D eigenvalue weighted by Crippen LogP contribution is -2.48. The molecule has 17 heavy (non-hydrogen) atoms. The zero-order chi connectivity index (χ0) is 13.6. The van der Waals surface area contributed by atoms with Gasteiger partial charge in [0.25, 0.3) is 0 Å². The van der Waals surface area contributed by atoms with Crippen LogP contribution in [-0.4, -0.2) is 30.4 Å². The van der Waals surface area contributed by atoms with E-state index < -0.39 is 5.41 Å². The number of amides is 1. The first-order valence-electron chi connectivity index (χ1n) is 6.42. The number of rotatable bonds is 7. The quantitative estimate of drug-likeness (QED) is 0.406. The van der Waals surface area contributed by atoms with Gasteiger partial charge in [-0.25, -0.2) is 5.84 Å². The molecule has 0 aliphatic carbocycles. The van der Waals surface area contributed by atoms with E-state index in [2.05, 4.69) is 38.0 Å². The van der Waals surface area contributed by atoms with E-state index >= 15 is 0 Å². The molecule has 0 atom stereocenters. The van der Waals surface area contributed by atoms with Crippen molar-refractivity contribution in [2.75, 3.05) is 19.6 Å². The molecular weight excluding hydrogens is 214 g/mol. The molecule has 0 saturated heterocycles. The molecule has 0 saturated carbocycles. The Kier molecular flexibility index (Phi) is 6.72. The van der Waals surface area contributed by atoms with Crippen LogP contribution in [0.5, 0.6) is 0 Å². The van der Waals surface area contributed by atoms with Gasteiger partial charge in [0, 0.05) is 19.6 Å². The molecule has 0 spiro atoms. The van der Waals surface area contributed by atoms with Crippen molar-refractivity contribution in [3.8, 4) is 0 Å². The first-order chi connectivity index (χ1) is 7.69. The fourth-order valence-corrected chi connectivity index (χ4v) is 2.06. The van der Waals surface area contributed by atoms with E-state index in [0.29, 0.717) is 11.8 Å². The summed E-state index contributed by atoms with van der Waals surface area (Å²) in [7, 11) is 0. The van der Waals surface area contributed by atoms with Crippen LogP contribution in [-0.2, 0) is 4.79 Å². The van der Waals surface area contributed by atoms with Gasteiger partial charge in [-0.15, -0.1) is 0 Å². The molecule has 0 aliphatic heterocycles. The molecule has 3 N–H and O–H groups in total. The van der Waals surface area contributed by atoms with Crippen molar-refractivity contribution in [2.24, 2.45) is 23.1 Å². The summed E-state index contributed by atoms with van der Waals surface area (Å²) in [5.41, 5.74) is 1.81. The highest BCUT2D eigenvalue weighted by Gasteiger charge is 2.29. The summed E-state index contributed by atoms with van der Waals surface area (Å²) in [5.74, 6) is 6.32. The lowest BCUT2D eigenvalue weighted by atomic mass is 9.91. The Hall–Kier alpha value is -0.610. The van der Waals surface area contributed by atoms with Crippen LogP contribution in [0.15, 0.2) is 0 Å². The molecular formula is C13H29N3O. The minimum absolute atomic E-state index is 0.102. The lowest BCUT2D eigenvalue weighted by Gasteiger charge is -2.33. The summed E-state index contributed by atoms with van der Waals surface area (Å²) in [6.07, 6.45) is 0. The maximum absolute atomic E-state index is 11.7. The Morgan fingerprint density at radius 1 is 1.18 bits per heavy atom. The van der Waals surface area contributed by atoms with Gasteiger partial charge in [-0.1, -0.05) is 27.7 Å². The lowest BCUT2D eigenvalue weighted by molar-refractivity contribution is -0.130. The number of carbonyl (C=O) groups excluding carboxylic acids is 1. The topological polar surface area (TPSA) is 58.4 Å². The number of nitrogens with zero attached hydrogens (tertiary/aromatic N) is 1. The van der Waals surface area contributed by atoms with Crippen LogP contribution in [0, 0.1) is 17.3 Å². The van der Waals surface area contributed by atoms with Crippen LogP contribution >= 0.6 is 0 Å². The molecule has 0 fully saturated rings. The summed E-state index contributed by atoms with van der Waals surface area (Å²) in [5, 5.41) is 0. The van der Waals surface area contributed by atoms with Crippen molar-refractivity contribution in [3.63, 3.8) is 0 Å². The van der Waals surface area contributed by atoms with Gasteiger partial charge in [0.15, 0.2) is 0 Å². The summed E-state index contributed by atoms with van der Waals surface area (Å²) in [6, 6.07) is 0. The third-order valence-electron chi connectivity index (χ3n) is 2.61. The summed E-state index contributed by atoms with van der Waals surface area (Å²) >= 11 is 0. The predicted octanol–water partition coefficient (Wildman–Crippen LogP) is 1.62. The van der Waals surface area contributed by atoms with Crippen molar-refractivity contribution < 1.29 is 4.79 Å². The zero-order valence-corrected chi connectivity index (χ0v) is 12.2. The number of nitrogens with two attached hydrogens (primary N) is 1. The molecule has 0 bridgehead atoms. The van der Waals surface area contributed by atoms with Gasteiger partial charge in [0.05, 0.1) is 5.41 Å². The van der Waals surface area contributed by atoms with E-state index in [1.807, 2.05) is 13.8 Å². The largest absolute Gasteiger partial charge is 0.302 e. The van der Waals surface area contributed by atoms with Gasteiger partial charge in [-0.3, -0.25) is 10.2 Å². The van der Waals surface area contributed by atoms with E-state index in [9.17, 15) is 4.79 Å². The van der Waals surface area contributed by atoms with E-state index in [1.165, 1.54) is 0 Å². The van der Waals surface area contributed by atoms with Crippen molar-refractivity contribution in [2.45, 2.75) is 41.5 Å². The molecule has 4 heteroatoms. The molecule has 1 amide bonds. The highest BCUT2D eigenvalue weighted by Crippen LogP contribution is 2.18. The Balaban J connectivity index is 4.55. The number of hydrogen-bond donors (Lipinski definition) is 2. The highest BCUT2D eigenvalue weighted by molar-refractivity contribution is 5.81. The standard InChI is InChI=1S/C13H29N3O/c1-10(2)7-16(8-11(3)4)9-13(5,6)12(17)15-14/h10-11H,7-9,14H2,1-6H3,(H,15,17). The summed E-state index contributed by atoms with van der Waals surface area (Å²) in [4.78, 5) is 14.0.